The highest BCUT2D eigenvalue weighted by molar-refractivity contribution is 7.17. The first-order valence-corrected chi connectivity index (χ1v) is 8.58. The largest absolute Gasteiger partial charge is 0.329 e. The van der Waals surface area contributed by atoms with Crippen LogP contribution in [0.5, 0.6) is 0 Å². The third-order valence-corrected chi connectivity index (χ3v) is 4.66. The number of nitrogens with one attached hydrogen (secondary N) is 2. The Morgan fingerprint density at radius 2 is 1.96 bits per heavy atom. The second kappa shape index (κ2) is 7.08. The molecule has 4 amide bonds. The molecule has 1 aliphatic heterocycles. The van der Waals surface area contributed by atoms with Crippen molar-refractivity contribution in [2.45, 2.75) is 6.92 Å². The summed E-state index contributed by atoms with van der Waals surface area (Å²) in [4.78, 5) is 38.0. The predicted molar refractivity (Wildman–Crippen MR) is 97.4 cm³/mol. The molecule has 1 fully saturated rings. The second-order valence-electron chi connectivity index (χ2n) is 5.44. The van der Waals surface area contributed by atoms with Crippen LogP contribution in [0, 0.1) is 6.92 Å². The van der Waals surface area contributed by atoms with Gasteiger partial charge in [-0.3, -0.25) is 9.59 Å². The highest BCUT2D eigenvalue weighted by Gasteiger charge is 2.34. The number of nitrogens with zero attached hydrogens (tertiary/aromatic N) is 1. The Morgan fingerprint density at radius 1 is 1.24 bits per heavy atom. The van der Waals surface area contributed by atoms with Crippen molar-refractivity contribution < 1.29 is 14.4 Å². The van der Waals surface area contributed by atoms with Gasteiger partial charge in [-0.1, -0.05) is 29.3 Å². The number of urea groups is 1. The molecule has 2 aromatic rings. The SMILES string of the molecule is Cc1ccc(NC(=O)CN2C(=O)NC(=Cc3ccc(Cl)s3)C2=O)cc1. The highest BCUT2D eigenvalue weighted by atomic mass is 35.5. The molecule has 0 bridgehead atoms. The van der Waals surface area contributed by atoms with E-state index in [1.807, 2.05) is 19.1 Å². The molecule has 1 aliphatic rings. The van der Waals surface area contributed by atoms with Gasteiger partial charge >= 0.3 is 6.03 Å². The van der Waals surface area contributed by atoms with Gasteiger partial charge in [0.15, 0.2) is 0 Å². The molecular formula is C17H14ClN3O3S. The predicted octanol–water partition coefficient (Wildman–Crippen LogP) is 3.24. The molecular weight excluding hydrogens is 362 g/mol. The smallest absolute Gasteiger partial charge is 0.325 e. The third-order valence-electron chi connectivity index (χ3n) is 3.48. The summed E-state index contributed by atoms with van der Waals surface area (Å²) in [6, 6.07) is 10.0. The second-order valence-corrected chi connectivity index (χ2v) is 7.18. The van der Waals surface area contributed by atoms with E-state index in [2.05, 4.69) is 10.6 Å². The minimum absolute atomic E-state index is 0.117. The fourth-order valence-electron chi connectivity index (χ4n) is 2.24. The number of carbonyl (C=O) groups excluding carboxylic acids is 3. The molecule has 128 valence electrons. The molecule has 0 saturated carbocycles. The van der Waals surface area contributed by atoms with Gasteiger partial charge in [-0.05, 0) is 37.3 Å². The Balaban J connectivity index is 1.67. The van der Waals surface area contributed by atoms with Crippen LogP contribution < -0.4 is 10.6 Å². The molecule has 6 nitrogen and oxygen atoms in total. The highest BCUT2D eigenvalue weighted by Crippen LogP contribution is 2.24. The third kappa shape index (κ3) is 4.07. The quantitative estimate of drug-likeness (QED) is 0.636. The van der Waals surface area contributed by atoms with Crippen molar-refractivity contribution >= 4 is 52.5 Å². The summed E-state index contributed by atoms with van der Waals surface area (Å²) >= 11 is 7.13. The van der Waals surface area contributed by atoms with Gasteiger partial charge in [0.1, 0.15) is 12.2 Å². The molecule has 25 heavy (non-hydrogen) atoms. The number of benzene rings is 1. The van der Waals surface area contributed by atoms with Crippen molar-refractivity contribution in [2.24, 2.45) is 0 Å². The Bertz CT molecular complexity index is 874. The van der Waals surface area contributed by atoms with E-state index < -0.39 is 17.8 Å². The van der Waals surface area contributed by atoms with Crippen molar-refractivity contribution in [1.29, 1.82) is 0 Å². The Kier molecular flexibility index (Phi) is 4.87. The summed E-state index contributed by atoms with van der Waals surface area (Å²) < 4.78 is 0.581. The minimum Gasteiger partial charge on any atom is -0.325 e. The number of hydrogen-bond donors (Lipinski definition) is 2. The minimum atomic E-state index is -0.627. The lowest BCUT2D eigenvalue weighted by atomic mass is 10.2. The van der Waals surface area contributed by atoms with E-state index in [9.17, 15) is 14.4 Å². The summed E-state index contributed by atoms with van der Waals surface area (Å²) in [5, 5.41) is 5.13. The van der Waals surface area contributed by atoms with Gasteiger partial charge in [-0.15, -0.1) is 11.3 Å². The lowest BCUT2D eigenvalue weighted by Crippen LogP contribution is -2.38. The van der Waals surface area contributed by atoms with E-state index in [1.165, 1.54) is 17.4 Å². The standard InChI is InChI=1S/C17H14ClN3O3S/c1-10-2-4-11(5-3-10)19-15(22)9-21-16(23)13(20-17(21)24)8-12-6-7-14(18)25-12/h2-8H,9H2,1H3,(H,19,22)(H,20,24). The van der Waals surface area contributed by atoms with Gasteiger partial charge in [0.05, 0.1) is 4.34 Å². The van der Waals surface area contributed by atoms with Crippen LogP contribution in [0.1, 0.15) is 10.4 Å². The van der Waals surface area contributed by atoms with Crippen LogP contribution in [0.4, 0.5) is 10.5 Å². The zero-order chi connectivity index (χ0) is 18.0. The van der Waals surface area contributed by atoms with Crippen molar-refractivity contribution in [3.63, 3.8) is 0 Å². The fourth-order valence-corrected chi connectivity index (χ4v) is 3.25. The van der Waals surface area contributed by atoms with Crippen LogP contribution in [0.25, 0.3) is 6.08 Å². The molecule has 1 aromatic carbocycles. The number of aryl methyl sites for hydroxylation is 1. The molecule has 0 aliphatic carbocycles. The number of amides is 4. The van der Waals surface area contributed by atoms with Crippen molar-refractivity contribution in [3.05, 3.63) is 56.9 Å². The maximum Gasteiger partial charge on any atom is 0.329 e. The van der Waals surface area contributed by atoms with Crippen molar-refractivity contribution in [2.75, 3.05) is 11.9 Å². The molecule has 3 rings (SSSR count). The molecule has 0 unspecified atom stereocenters. The average Bonchev–Trinajstić information content (AvgIpc) is 3.08. The maximum absolute atomic E-state index is 12.3. The molecule has 0 atom stereocenters. The molecule has 1 aromatic heterocycles. The monoisotopic (exact) mass is 375 g/mol. The molecule has 0 radical (unpaired) electrons. The summed E-state index contributed by atoms with van der Waals surface area (Å²) in [7, 11) is 0. The van der Waals surface area contributed by atoms with E-state index in [0.29, 0.717) is 10.0 Å². The van der Waals surface area contributed by atoms with Crippen LogP contribution in [0.2, 0.25) is 4.34 Å². The summed E-state index contributed by atoms with van der Waals surface area (Å²) in [6.07, 6.45) is 1.54. The van der Waals surface area contributed by atoms with Crippen LogP contribution >= 0.6 is 22.9 Å². The number of rotatable bonds is 4. The van der Waals surface area contributed by atoms with Gasteiger partial charge in [-0.2, -0.15) is 0 Å². The van der Waals surface area contributed by atoms with Gasteiger partial charge in [0.25, 0.3) is 5.91 Å². The molecule has 1 saturated heterocycles. The lowest BCUT2D eigenvalue weighted by molar-refractivity contribution is -0.127. The number of hydrogen-bond acceptors (Lipinski definition) is 4. The van der Waals surface area contributed by atoms with E-state index >= 15 is 0 Å². The molecule has 0 spiro atoms. The Hall–Kier alpha value is -2.64. The molecule has 2 N–H and O–H groups in total. The number of thiophene rings is 1. The number of anilines is 1. The van der Waals surface area contributed by atoms with Crippen molar-refractivity contribution in [3.8, 4) is 0 Å². The summed E-state index contributed by atoms with van der Waals surface area (Å²) in [5.41, 5.74) is 1.79. The van der Waals surface area contributed by atoms with Crippen LogP contribution in [-0.2, 0) is 9.59 Å². The topological polar surface area (TPSA) is 78.5 Å². The Morgan fingerprint density at radius 3 is 2.60 bits per heavy atom. The van der Waals surface area contributed by atoms with Gasteiger partial charge in [0, 0.05) is 10.6 Å². The zero-order valence-corrected chi connectivity index (χ0v) is 14.8. The zero-order valence-electron chi connectivity index (χ0n) is 13.2. The van der Waals surface area contributed by atoms with Gasteiger partial charge in [0.2, 0.25) is 5.91 Å². The summed E-state index contributed by atoms with van der Waals surface area (Å²) in [6.45, 7) is 1.58. The summed E-state index contributed by atoms with van der Waals surface area (Å²) in [5.74, 6) is -0.999. The van der Waals surface area contributed by atoms with Crippen LogP contribution in [0.3, 0.4) is 0 Å². The first kappa shape index (κ1) is 17.2. The molecule has 2 heterocycles. The lowest BCUT2D eigenvalue weighted by Gasteiger charge is -2.12. The van der Waals surface area contributed by atoms with E-state index in [-0.39, 0.29) is 12.2 Å². The maximum atomic E-state index is 12.3. The first-order chi connectivity index (χ1) is 11.9. The first-order valence-electron chi connectivity index (χ1n) is 7.39. The normalized spacial score (nSPS) is 15.6. The van der Waals surface area contributed by atoms with Crippen LogP contribution in [-0.4, -0.2) is 29.3 Å². The van der Waals surface area contributed by atoms with E-state index in [1.54, 1.807) is 24.3 Å². The van der Waals surface area contributed by atoms with Gasteiger partial charge in [-0.25, -0.2) is 9.69 Å². The number of halogens is 1. The Labute approximate surface area is 153 Å². The number of imide groups is 1. The van der Waals surface area contributed by atoms with E-state index in [4.69, 9.17) is 11.6 Å². The van der Waals surface area contributed by atoms with Crippen LogP contribution in [0.15, 0.2) is 42.1 Å². The molecule has 8 heteroatoms. The fraction of sp³-hybridized carbons (Fsp3) is 0.118. The van der Waals surface area contributed by atoms with Gasteiger partial charge < -0.3 is 10.6 Å². The van der Waals surface area contributed by atoms with Crippen molar-refractivity contribution in [1.82, 2.24) is 10.2 Å². The average molecular weight is 376 g/mol. The van der Waals surface area contributed by atoms with E-state index in [0.717, 1.165) is 15.3 Å². The number of carbonyl (C=O) groups is 3.